The molecule has 0 aliphatic carbocycles. The van der Waals surface area contributed by atoms with Crippen LogP contribution in [0.5, 0.6) is 11.5 Å². The van der Waals surface area contributed by atoms with Gasteiger partial charge in [0.15, 0.2) is 11.5 Å². The lowest BCUT2D eigenvalue weighted by molar-refractivity contribution is -0.00461. The van der Waals surface area contributed by atoms with Crippen molar-refractivity contribution in [3.05, 3.63) is 42.4 Å². The highest BCUT2D eigenvalue weighted by Crippen LogP contribution is 2.27. The third-order valence-electron chi connectivity index (χ3n) is 4.91. The smallest absolute Gasteiger partial charge is 0.360 e. The van der Waals surface area contributed by atoms with Gasteiger partial charge in [0.05, 0.1) is 27.4 Å². The van der Waals surface area contributed by atoms with E-state index in [2.05, 4.69) is 9.97 Å². The summed E-state index contributed by atoms with van der Waals surface area (Å²) in [5, 5.41) is 0. The minimum atomic E-state index is -0.520. The van der Waals surface area contributed by atoms with Gasteiger partial charge in [0.1, 0.15) is 29.8 Å². The lowest BCUT2D eigenvalue weighted by Crippen LogP contribution is -2.30. The van der Waals surface area contributed by atoms with Crippen molar-refractivity contribution >= 4 is 11.8 Å². The van der Waals surface area contributed by atoms with Crippen LogP contribution in [0.3, 0.4) is 0 Å². The van der Waals surface area contributed by atoms with E-state index < -0.39 is 5.97 Å². The summed E-state index contributed by atoms with van der Waals surface area (Å²) in [7, 11) is 2.94. The van der Waals surface area contributed by atoms with Crippen molar-refractivity contribution in [1.82, 2.24) is 9.97 Å². The summed E-state index contributed by atoms with van der Waals surface area (Å²) in [4.78, 5) is 22.4. The van der Waals surface area contributed by atoms with E-state index in [1.807, 2.05) is 29.2 Å². The first kappa shape index (κ1) is 19.4. The van der Waals surface area contributed by atoms with Gasteiger partial charge in [0, 0.05) is 31.5 Å². The molecule has 0 N–H and O–H groups in total. The molecule has 0 amide bonds. The summed E-state index contributed by atoms with van der Waals surface area (Å²) in [6.07, 6.45) is 2.50. The van der Waals surface area contributed by atoms with Crippen LogP contribution < -0.4 is 14.4 Å². The summed E-state index contributed by atoms with van der Waals surface area (Å²) in [5.41, 5.74) is 0.186. The molecule has 1 aromatic heterocycles. The molecule has 0 saturated carbocycles. The monoisotopic (exact) mass is 401 g/mol. The van der Waals surface area contributed by atoms with E-state index in [1.165, 1.54) is 13.3 Å². The third-order valence-corrected chi connectivity index (χ3v) is 4.91. The number of benzene rings is 1. The van der Waals surface area contributed by atoms with Gasteiger partial charge in [-0.3, -0.25) is 0 Å². The first-order valence-corrected chi connectivity index (χ1v) is 9.36. The molecule has 1 aromatic carbocycles. The SMILES string of the molecule is COC(=O)c1nccnc1N1C[C@@H]2OCC(Oc3cccc(OC)c3)CO[C@H]2C1. The molecule has 29 heavy (non-hydrogen) atoms. The summed E-state index contributed by atoms with van der Waals surface area (Å²) < 4.78 is 28.1. The number of fused-ring (bicyclic) bond motifs is 1. The molecule has 0 bridgehead atoms. The number of methoxy groups -OCH3 is 2. The Bertz CT molecular complexity index is 848. The summed E-state index contributed by atoms with van der Waals surface area (Å²) in [6, 6.07) is 7.44. The van der Waals surface area contributed by atoms with Gasteiger partial charge in [0.25, 0.3) is 0 Å². The number of esters is 1. The first-order chi connectivity index (χ1) is 14.2. The second kappa shape index (κ2) is 8.62. The molecule has 2 saturated heterocycles. The Morgan fingerprint density at radius 1 is 1.07 bits per heavy atom. The zero-order valence-electron chi connectivity index (χ0n) is 16.3. The molecule has 2 aliphatic rings. The van der Waals surface area contributed by atoms with E-state index in [1.54, 1.807) is 13.3 Å². The normalized spacial score (nSPS) is 21.9. The minimum Gasteiger partial charge on any atom is -0.497 e. The average Bonchev–Trinajstić information content (AvgIpc) is 3.09. The summed E-state index contributed by atoms with van der Waals surface area (Å²) in [5.74, 6) is 1.39. The van der Waals surface area contributed by atoms with Crippen LogP contribution in [0.1, 0.15) is 10.5 Å². The lowest BCUT2D eigenvalue weighted by Gasteiger charge is -2.21. The Morgan fingerprint density at radius 2 is 1.76 bits per heavy atom. The predicted octanol–water partition coefficient (Wildman–Crippen LogP) is 1.32. The van der Waals surface area contributed by atoms with Crippen LogP contribution in [0.4, 0.5) is 5.82 Å². The number of nitrogens with zero attached hydrogens (tertiary/aromatic N) is 3. The van der Waals surface area contributed by atoms with Crippen molar-refractivity contribution in [2.75, 3.05) is 45.4 Å². The third kappa shape index (κ3) is 4.25. The average molecular weight is 401 g/mol. The van der Waals surface area contributed by atoms with Crippen LogP contribution in [-0.2, 0) is 14.2 Å². The van der Waals surface area contributed by atoms with Crippen molar-refractivity contribution < 1.29 is 28.5 Å². The molecule has 9 heteroatoms. The molecule has 3 heterocycles. The topological polar surface area (TPSA) is 92.2 Å². The Kier molecular flexibility index (Phi) is 5.77. The second-order valence-corrected chi connectivity index (χ2v) is 6.79. The van der Waals surface area contributed by atoms with Crippen LogP contribution >= 0.6 is 0 Å². The number of carbonyl (C=O) groups is 1. The fourth-order valence-corrected chi connectivity index (χ4v) is 3.48. The number of hydrogen-bond donors (Lipinski definition) is 0. The molecule has 2 aliphatic heterocycles. The van der Waals surface area contributed by atoms with E-state index in [9.17, 15) is 4.79 Å². The molecule has 0 spiro atoms. The second-order valence-electron chi connectivity index (χ2n) is 6.79. The first-order valence-electron chi connectivity index (χ1n) is 9.36. The number of aromatic nitrogens is 2. The number of carbonyl (C=O) groups excluding carboxylic acids is 1. The van der Waals surface area contributed by atoms with Crippen LogP contribution in [0.25, 0.3) is 0 Å². The highest BCUT2D eigenvalue weighted by molar-refractivity contribution is 5.92. The molecular formula is C20H23N3O6. The van der Waals surface area contributed by atoms with Crippen molar-refractivity contribution in [3.8, 4) is 11.5 Å². The van der Waals surface area contributed by atoms with Crippen molar-refractivity contribution in [3.63, 3.8) is 0 Å². The highest BCUT2D eigenvalue weighted by Gasteiger charge is 2.39. The lowest BCUT2D eigenvalue weighted by atomic mass is 10.3. The molecule has 154 valence electrons. The van der Waals surface area contributed by atoms with Gasteiger partial charge in [-0.15, -0.1) is 0 Å². The molecule has 2 fully saturated rings. The Morgan fingerprint density at radius 3 is 2.45 bits per heavy atom. The summed E-state index contributed by atoms with van der Waals surface area (Å²) in [6.45, 7) is 1.88. The zero-order chi connectivity index (χ0) is 20.2. The minimum absolute atomic E-state index is 0.151. The zero-order valence-corrected chi connectivity index (χ0v) is 16.3. The maximum Gasteiger partial charge on any atom is 0.360 e. The van der Waals surface area contributed by atoms with E-state index in [-0.39, 0.29) is 24.0 Å². The van der Waals surface area contributed by atoms with E-state index in [0.717, 1.165) is 5.75 Å². The van der Waals surface area contributed by atoms with Gasteiger partial charge in [-0.05, 0) is 12.1 Å². The maximum atomic E-state index is 12.0. The van der Waals surface area contributed by atoms with Crippen LogP contribution in [0.15, 0.2) is 36.7 Å². The van der Waals surface area contributed by atoms with Crippen LogP contribution in [-0.4, -0.2) is 74.8 Å². The molecule has 2 atom stereocenters. The maximum absolute atomic E-state index is 12.0. The highest BCUT2D eigenvalue weighted by atomic mass is 16.6. The van der Waals surface area contributed by atoms with Crippen LogP contribution in [0, 0.1) is 0 Å². The fourth-order valence-electron chi connectivity index (χ4n) is 3.48. The number of hydrogen-bond acceptors (Lipinski definition) is 9. The number of anilines is 1. The van der Waals surface area contributed by atoms with Crippen molar-refractivity contribution in [2.45, 2.75) is 18.3 Å². The fraction of sp³-hybridized carbons (Fsp3) is 0.450. The number of rotatable bonds is 5. The van der Waals surface area contributed by atoms with Crippen molar-refractivity contribution in [2.24, 2.45) is 0 Å². The van der Waals surface area contributed by atoms with Gasteiger partial charge >= 0.3 is 5.97 Å². The molecular weight excluding hydrogens is 378 g/mol. The Hall–Kier alpha value is -2.91. The Balaban J connectivity index is 1.39. The predicted molar refractivity (Wildman–Crippen MR) is 102 cm³/mol. The van der Waals surface area contributed by atoms with Gasteiger partial charge in [-0.25, -0.2) is 14.8 Å². The van der Waals surface area contributed by atoms with Gasteiger partial charge in [-0.1, -0.05) is 6.07 Å². The molecule has 9 nitrogen and oxygen atoms in total. The Labute approximate surface area is 168 Å². The van der Waals surface area contributed by atoms with Crippen LogP contribution in [0.2, 0.25) is 0 Å². The van der Waals surface area contributed by atoms with E-state index in [0.29, 0.717) is 37.9 Å². The van der Waals surface area contributed by atoms with E-state index >= 15 is 0 Å². The molecule has 0 radical (unpaired) electrons. The molecule has 2 aromatic rings. The summed E-state index contributed by atoms with van der Waals surface area (Å²) >= 11 is 0. The van der Waals surface area contributed by atoms with Gasteiger partial charge in [0.2, 0.25) is 0 Å². The molecule has 4 rings (SSSR count). The van der Waals surface area contributed by atoms with Crippen molar-refractivity contribution in [1.29, 1.82) is 0 Å². The standard InChI is InChI=1S/C20H23N3O6/c1-25-13-4-3-5-14(8-13)29-15-11-27-16-9-23(10-17(16)28-12-15)19-18(20(24)26-2)21-6-7-22-19/h3-8,15-17H,9-12H2,1-2H3/t16-,17-/m0/s1. The van der Waals surface area contributed by atoms with E-state index in [4.69, 9.17) is 23.7 Å². The largest absolute Gasteiger partial charge is 0.497 e. The van der Waals surface area contributed by atoms with Gasteiger partial charge in [-0.2, -0.15) is 0 Å². The van der Waals surface area contributed by atoms with Gasteiger partial charge < -0.3 is 28.6 Å². The quantitative estimate of drug-likeness (QED) is 0.688. The number of ether oxygens (including phenoxy) is 5. The molecule has 0 unspecified atom stereocenters.